The first kappa shape index (κ1) is 16.9. The third kappa shape index (κ3) is 3.15. The van der Waals surface area contributed by atoms with Crippen LogP contribution < -0.4 is 0 Å². The van der Waals surface area contributed by atoms with Crippen LogP contribution in [0.1, 0.15) is 11.1 Å². The molecule has 5 heteroatoms. The Kier molecular flexibility index (Phi) is 4.55. The summed E-state index contributed by atoms with van der Waals surface area (Å²) >= 11 is 0. The monoisotopic (exact) mass is 352 g/mol. The van der Waals surface area contributed by atoms with Crippen molar-refractivity contribution in [3.05, 3.63) is 71.5 Å². The molecule has 2 atom stereocenters. The summed E-state index contributed by atoms with van der Waals surface area (Å²) in [6, 6.07) is 16.5. The molecule has 2 fully saturated rings. The van der Waals surface area contributed by atoms with Crippen LogP contribution in [0.3, 0.4) is 0 Å². The Labute approximate surface area is 152 Å². The number of carbonyl (C=O) groups is 2. The molecule has 0 N–H and O–H groups in total. The van der Waals surface area contributed by atoms with E-state index in [0.717, 1.165) is 5.56 Å². The molecule has 0 aliphatic carbocycles. The molecule has 2 heterocycles. The molecule has 0 radical (unpaired) electrons. The molecule has 2 amide bonds. The lowest BCUT2D eigenvalue weighted by molar-refractivity contribution is -0.140. The first-order valence-corrected chi connectivity index (χ1v) is 8.98. The van der Waals surface area contributed by atoms with E-state index in [4.69, 9.17) is 0 Å². The van der Waals surface area contributed by atoms with Gasteiger partial charge in [-0.15, -0.1) is 0 Å². The molecular formula is C21H21FN2O2. The zero-order valence-corrected chi connectivity index (χ0v) is 14.5. The standard InChI is InChI=1S/C21H21FN2O2/c22-19-9-5-4-8-16(19)12-23-13-17-18(14-23)21(26)24(20(17)25)11-10-15-6-2-1-3-7-15/h1-9,17-18H,10-14H2/t17-,18+. The van der Waals surface area contributed by atoms with Gasteiger partial charge in [0.05, 0.1) is 11.8 Å². The van der Waals surface area contributed by atoms with Crippen molar-refractivity contribution >= 4 is 11.8 Å². The van der Waals surface area contributed by atoms with Gasteiger partial charge >= 0.3 is 0 Å². The van der Waals surface area contributed by atoms with Gasteiger partial charge in [0.1, 0.15) is 5.82 Å². The number of benzene rings is 2. The maximum absolute atomic E-state index is 13.8. The molecule has 26 heavy (non-hydrogen) atoms. The molecule has 2 saturated heterocycles. The highest BCUT2D eigenvalue weighted by Crippen LogP contribution is 2.34. The molecule has 2 aliphatic heterocycles. The van der Waals surface area contributed by atoms with Crippen LogP contribution in [0.5, 0.6) is 0 Å². The fourth-order valence-corrected chi connectivity index (χ4v) is 4.00. The van der Waals surface area contributed by atoms with Gasteiger partial charge in [-0.3, -0.25) is 19.4 Å². The predicted molar refractivity (Wildman–Crippen MR) is 95.5 cm³/mol. The summed E-state index contributed by atoms with van der Waals surface area (Å²) in [5.41, 5.74) is 1.72. The van der Waals surface area contributed by atoms with E-state index in [0.29, 0.717) is 38.2 Å². The lowest BCUT2D eigenvalue weighted by atomic mass is 10.00. The second-order valence-corrected chi connectivity index (χ2v) is 7.06. The third-order valence-corrected chi connectivity index (χ3v) is 5.38. The van der Waals surface area contributed by atoms with E-state index in [9.17, 15) is 14.0 Å². The van der Waals surface area contributed by atoms with Crippen LogP contribution >= 0.6 is 0 Å². The highest BCUT2D eigenvalue weighted by atomic mass is 19.1. The molecule has 4 nitrogen and oxygen atoms in total. The van der Waals surface area contributed by atoms with Crippen molar-refractivity contribution in [1.82, 2.24) is 9.80 Å². The molecule has 2 aromatic carbocycles. The summed E-state index contributed by atoms with van der Waals surface area (Å²) in [5, 5.41) is 0. The summed E-state index contributed by atoms with van der Waals surface area (Å²) < 4.78 is 13.8. The summed E-state index contributed by atoms with van der Waals surface area (Å²) in [4.78, 5) is 28.8. The molecule has 0 saturated carbocycles. The number of nitrogens with zero attached hydrogens (tertiary/aromatic N) is 2. The average Bonchev–Trinajstić information content (AvgIpc) is 3.16. The van der Waals surface area contributed by atoms with Gasteiger partial charge in [0.2, 0.25) is 11.8 Å². The Balaban J connectivity index is 1.39. The van der Waals surface area contributed by atoms with E-state index in [1.54, 1.807) is 18.2 Å². The Morgan fingerprint density at radius 3 is 2.15 bits per heavy atom. The number of halogens is 1. The minimum atomic E-state index is -0.287. The predicted octanol–water partition coefficient (Wildman–Crippen LogP) is 2.49. The summed E-state index contributed by atoms with van der Waals surface area (Å²) in [6.07, 6.45) is 0.677. The van der Waals surface area contributed by atoms with Crippen molar-refractivity contribution in [1.29, 1.82) is 0 Å². The van der Waals surface area contributed by atoms with Crippen LogP contribution in [0, 0.1) is 17.7 Å². The third-order valence-electron chi connectivity index (χ3n) is 5.38. The summed E-state index contributed by atoms with van der Waals surface area (Å²) in [6.45, 7) is 1.91. The SMILES string of the molecule is O=C1[C@H]2CN(Cc3ccccc3F)C[C@H]2C(=O)N1CCc1ccccc1. The van der Waals surface area contributed by atoms with Crippen molar-refractivity contribution in [2.24, 2.45) is 11.8 Å². The Morgan fingerprint density at radius 1 is 0.885 bits per heavy atom. The second kappa shape index (κ2) is 7.00. The van der Waals surface area contributed by atoms with Crippen molar-refractivity contribution < 1.29 is 14.0 Å². The van der Waals surface area contributed by atoms with Gasteiger partial charge in [0.15, 0.2) is 0 Å². The van der Waals surface area contributed by atoms with Crippen LogP contribution in [-0.4, -0.2) is 41.2 Å². The van der Waals surface area contributed by atoms with Gasteiger partial charge in [0.25, 0.3) is 0 Å². The van der Waals surface area contributed by atoms with Crippen LogP contribution in [0.4, 0.5) is 4.39 Å². The second-order valence-electron chi connectivity index (χ2n) is 7.06. The number of likely N-dealkylation sites (tertiary alicyclic amines) is 2. The molecule has 2 aliphatic rings. The van der Waals surface area contributed by atoms with Gasteiger partial charge in [0, 0.05) is 31.7 Å². The molecule has 0 spiro atoms. The molecular weight excluding hydrogens is 331 g/mol. The van der Waals surface area contributed by atoms with Crippen molar-refractivity contribution in [2.75, 3.05) is 19.6 Å². The van der Waals surface area contributed by atoms with Crippen molar-refractivity contribution in [2.45, 2.75) is 13.0 Å². The van der Waals surface area contributed by atoms with E-state index < -0.39 is 0 Å². The number of carbonyl (C=O) groups excluding carboxylic acids is 2. The Bertz CT molecular complexity index is 800. The van der Waals surface area contributed by atoms with Crippen LogP contribution in [-0.2, 0) is 22.6 Å². The van der Waals surface area contributed by atoms with Crippen LogP contribution in [0.25, 0.3) is 0 Å². The zero-order chi connectivity index (χ0) is 18.1. The van der Waals surface area contributed by atoms with E-state index in [1.165, 1.54) is 11.0 Å². The van der Waals surface area contributed by atoms with E-state index in [-0.39, 0.29) is 29.5 Å². The minimum absolute atomic E-state index is 0.0769. The molecule has 0 unspecified atom stereocenters. The highest BCUT2D eigenvalue weighted by Gasteiger charge is 2.51. The molecule has 134 valence electrons. The molecule has 0 bridgehead atoms. The average molecular weight is 352 g/mol. The highest BCUT2D eigenvalue weighted by molar-refractivity contribution is 6.05. The molecule has 2 aromatic rings. The first-order valence-electron chi connectivity index (χ1n) is 8.98. The van der Waals surface area contributed by atoms with E-state index >= 15 is 0 Å². The molecule has 0 aromatic heterocycles. The topological polar surface area (TPSA) is 40.6 Å². The van der Waals surface area contributed by atoms with Gasteiger partial charge in [-0.2, -0.15) is 0 Å². The number of hydrogen-bond donors (Lipinski definition) is 0. The van der Waals surface area contributed by atoms with Gasteiger partial charge in [-0.05, 0) is 18.1 Å². The van der Waals surface area contributed by atoms with Crippen LogP contribution in [0.2, 0.25) is 0 Å². The zero-order valence-electron chi connectivity index (χ0n) is 14.5. The number of fused-ring (bicyclic) bond motifs is 1. The van der Waals surface area contributed by atoms with Crippen LogP contribution in [0.15, 0.2) is 54.6 Å². The van der Waals surface area contributed by atoms with E-state index in [1.807, 2.05) is 35.2 Å². The summed E-state index contributed by atoms with van der Waals surface area (Å²) in [5.74, 6) is -0.972. The van der Waals surface area contributed by atoms with Gasteiger partial charge in [-0.1, -0.05) is 48.5 Å². The normalized spacial score (nSPS) is 22.9. The largest absolute Gasteiger partial charge is 0.297 e. The number of amides is 2. The van der Waals surface area contributed by atoms with Crippen molar-refractivity contribution in [3.8, 4) is 0 Å². The van der Waals surface area contributed by atoms with Crippen molar-refractivity contribution in [3.63, 3.8) is 0 Å². The van der Waals surface area contributed by atoms with Gasteiger partial charge in [-0.25, -0.2) is 4.39 Å². The lowest BCUT2D eigenvalue weighted by Gasteiger charge is -2.20. The van der Waals surface area contributed by atoms with E-state index in [2.05, 4.69) is 0 Å². The number of imide groups is 1. The lowest BCUT2D eigenvalue weighted by Crippen LogP contribution is -2.37. The summed E-state index contributed by atoms with van der Waals surface area (Å²) in [7, 11) is 0. The number of hydrogen-bond acceptors (Lipinski definition) is 3. The smallest absolute Gasteiger partial charge is 0.234 e. The maximum atomic E-state index is 13.8. The Hall–Kier alpha value is -2.53. The Morgan fingerprint density at radius 2 is 1.50 bits per heavy atom. The quantitative estimate of drug-likeness (QED) is 0.777. The maximum Gasteiger partial charge on any atom is 0.234 e. The minimum Gasteiger partial charge on any atom is -0.297 e. The number of rotatable bonds is 5. The fraction of sp³-hybridized carbons (Fsp3) is 0.333. The fourth-order valence-electron chi connectivity index (χ4n) is 4.00. The molecule has 4 rings (SSSR count). The van der Waals surface area contributed by atoms with Gasteiger partial charge < -0.3 is 0 Å². The first-order chi connectivity index (χ1) is 12.6.